The third-order valence-corrected chi connectivity index (χ3v) is 6.17. The van der Waals surface area contributed by atoms with Gasteiger partial charge >= 0.3 is 0 Å². The van der Waals surface area contributed by atoms with E-state index in [-0.39, 0.29) is 23.3 Å². The van der Waals surface area contributed by atoms with Crippen molar-refractivity contribution in [3.63, 3.8) is 0 Å². The van der Waals surface area contributed by atoms with Gasteiger partial charge in [-0.05, 0) is 52.0 Å². The van der Waals surface area contributed by atoms with Crippen LogP contribution >= 0.6 is 11.3 Å². The normalized spacial score (nSPS) is 16.8. The molecule has 0 radical (unpaired) electrons. The lowest BCUT2D eigenvalue weighted by molar-refractivity contribution is -0.127. The van der Waals surface area contributed by atoms with Crippen LogP contribution in [-0.4, -0.2) is 63.2 Å². The van der Waals surface area contributed by atoms with E-state index < -0.39 is 0 Å². The first-order chi connectivity index (χ1) is 14.2. The number of hydrogen-bond donors (Lipinski definition) is 1. The lowest BCUT2D eigenvalue weighted by atomic mass is 10.1. The van der Waals surface area contributed by atoms with Gasteiger partial charge in [-0.15, -0.1) is 5.10 Å². The Balaban J connectivity index is 1.39. The summed E-state index contributed by atoms with van der Waals surface area (Å²) in [7, 11) is 0. The molecule has 1 aromatic carbocycles. The molecular weight excluding hydrogens is 403 g/mol. The molecular formula is C21H27FN6OS. The van der Waals surface area contributed by atoms with E-state index >= 15 is 0 Å². The highest BCUT2D eigenvalue weighted by Gasteiger charge is 2.28. The van der Waals surface area contributed by atoms with Gasteiger partial charge in [0.05, 0.1) is 17.9 Å². The zero-order chi connectivity index (χ0) is 21.5. The summed E-state index contributed by atoms with van der Waals surface area (Å²) >= 11 is 1.54. The van der Waals surface area contributed by atoms with E-state index in [9.17, 15) is 9.18 Å². The van der Waals surface area contributed by atoms with Gasteiger partial charge in [0.1, 0.15) is 5.82 Å². The van der Waals surface area contributed by atoms with E-state index in [2.05, 4.69) is 25.2 Å². The molecule has 7 nitrogen and oxygen atoms in total. The minimum atomic E-state index is -0.260. The SMILES string of the molecule is CC(C(=O)NC(C)(C)C)N1CCN(c2nn3cc(-c4ccc(F)cc4)nc3s2)CC1. The Labute approximate surface area is 179 Å². The second kappa shape index (κ2) is 7.96. The van der Waals surface area contributed by atoms with E-state index in [1.54, 1.807) is 28.0 Å². The molecule has 1 amide bonds. The van der Waals surface area contributed by atoms with E-state index in [1.165, 1.54) is 12.1 Å². The minimum Gasteiger partial charge on any atom is -0.350 e. The molecule has 1 N–H and O–H groups in total. The molecule has 1 unspecified atom stereocenters. The Morgan fingerprint density at radius 2 is 1.83 bits per heavy atom. The van der Waals surface area contributed by atoms with Crippen LogP contribution in [-0.2, 0) is 4.79 Å². The number of hydrogen-bond acceptors (Lipinski definition) is 6. The third-order valence-electron chi connectivity index (χ3n) is 5.18. The van der Waals surface area contributed by atoms with Crippen LogP contribution in [0.2, 0.25) is 0 Å². The molecule has 160 valence electrons. The van der Waals surface area contributed by atoms with Crippen molar-refractivity contribution in [2.24, 2.45) is 0 Å². The molecule has 0 bridgehead atoms. The number of fused-ring (bicyclic) bond motifs is 1. The molecule has 0 spiro atoms. The van der Waals surface area contributed by atoms with Gasteiger partial charge in [0, 0.05) is 37.3 Å². The summed E-state index contributed by atoms with van der Waals surface area (Å²) in [6.45, 7) is 11.2. The average molecular weight is 431 g/mol. The summed E-state index contributed by atoms with van der Waals surface area (Å²) < 4.78 is 14.9. The van der Waals surface area contributed by atoms with Crippen molar-refractivity contribution in [3.05, 3.63) is 36.3 Å². The van der Waals surface area contributed by atoms with E-state index in [1.807, 2.05) is 33.9 Å². The van der Waals surface area contributed by atoms with Crippen molar-refractivity contribution in [1.29, 1.82) is 0 Å². The second-order valence-electron chi connectivity index (χ2n) is 8.68. The Bertz CT molecular complexity index is 999. The number of aromatic nitrogens is 3. The number of imidazole rings is 1. The molecule has 0 aliphatic carbocycles. The van der Waals surface area contributed by atoms with Crippen LogP contribution < -0.4 is 10.2 Å². The highest BCUT2D eigenvalue weighted by molar-refractivity contribution is 7.20. The average Bonchev–Trinajstić information content (AvgIpc) is 3.26. The number of benzene rings is 1. The van der Waals surface area contributed by atoms with Crippen LogP contribution in [0.1, 0.15) is 27.7 Å². The van der Waals surface area contributed by atoms with Crippen LogP contribution in [0.25, 0.3) is 16.2 Å². The molecule has 30 heavy (non-hydrogen) atoms. The Morgan fingerprint density at radius 1 is 1.17 bits per heavy atom. The zero-order valence-electron chi connectivity index (χ0n) is 17.7. The van der Waals surface area contributed by atoms with Gasteiger partial charge in [0.2, 0.25) is 16.0 Å². The van der Waals surface area contributed by atoms with Crippen LogP contribution in [0.4, 0.5) is 9.52 Å². The summed E-state index contributed by atoms with van der Waals surface area (Å²) in [5.41, 5.74) is 1.42. The number of amides is 1. The largest absolute Gasteiger partial charge is 0.350 e. The Hall–Kier alpha value is -2.52. The number of piperazine rings is 1. The van der Waals surface area contributed by atoms with Gasteiger partial charge in [-0.1, -0.05) is 11.3 Å². The Kier molecular flexibility index (Phi) is 5.50. The van der Waals surface area contributed by atoms with E-state index in [4.69, 9.17) is 0 Å². The quantitative estimate of drug-likeness (QED) is 0.689. The monoisotopic (exact) mass is 430 g/mol. The number of anilines is 1. The standard InChI is InChI=1S/C21H27FN6OS/c1-14(18(29)24-21(2,3)4)26-9-11-27(12-10-26)20-25-28-13-17(23-19(28)30-20)15-5-7-16(22)8-6-15/h5-8,13-14H,9-12H2,1-4H3,(H,24,29). The first-order valence-electron chi connectivity index (χ1n) is 10.1. The molecule has 1 atom stereocenters. The molecule has 0 saturated carbocycles. The van der Waals surface area contributed by atoms with Gasteiger partial charge in [-0.25, -0.2) is 13.9 Å². The topological polar surface area (TPSA) is 65.8 Å². The van der Waals surface area contributed by atoms with E-state index in [0.29, 0.717) is 0 Å². The van der Waals surface area contributed by atoms with Crippen LogP contribution in [0, 0.1) is 5.82 Å². The highest BCUT2D eigenvalue weighted by atomic mass is 32.1. The van der Waals surface area contributed by atoms with Gasteiger partial charge in [-0.2, -0.15) is 0 Å². The zero-order valence-corrected chi connectivity index (χ0v) is 18.5. The maximum Gasteiger partial charge on any atom is 0.237 e. The predicted octanol–water partition coefficient (Wildman–Crippen LogP) is 3.02. The van der Waals surface area contributed by atoms with Gasteiger partial charge < -0.3 is 10.2 Å². The molecule has 1 aliphatic heterocycles. The number of rotatable bonds is 4. The lowest BCUT2D eigenvalue weighted by Crippen LogP contribution is -2.56. The molecule has 4 rings (SSSR count). The first kappa shape index (κ1) is 20.7. The molecule has 3 aromatic rings. The fourth-order valence-electron chi connectivity index (χ4n) is 3.52. The number of nitrogens with one attached hydrogen (secondary N) is 1. The molecule has 9 heteroatoms. The van der Waals surface area contributed by atoms with E-state index in [0.717, 1.165) is 47.5 Å². The summed E-state index contributed by atoms with van der Waals surface area (Å²) in [4.78, 5) is 22.3. The minimum absolute atomic E-state index is 0.0667. The van der Waals surface area contributed by atoms with Crippen molar-refractivity contribution in [2.75, 3.05) is 31.1 Å². The molecule has 1 fully saturated rings. The predicted molar refractivity (Wildman–Crippen MR) is 117 cm³/mol. The molecule has 1 aliphatic rings. The fourth-order valence-corrected chi connectivity index (χ4v) is 4.45. The highest BCUT2D eigenvalue weighted by Crippen LogP contribution is 2.27. The van der Waals surface area contributed by atoms with Crippen LogP contribution in [0.5, 0.6) is 0 Å². The number of nitrogens with zero attached hydrogens (tertiary/aromatic N) is 5. The maximum absolute atomic E-state index is 13.1. The Morgan fingerprint density at radius 3 is 2.43 bits per heavy atom. The number of carbonyl (C=O) groups excluding carboxylic acids is 1. The van der Waals surface area contributed by atoms with Crippen LogP contribution in [0.15, 0.2) is 30.5 Å². The summed E-state index contributed by atoms with van der Waals surface area (Å²) in [6.07, 6.45) is 1.87. The van der Waals surface area contributed by atoms with Crippen LogP contribution in [0.3, 0.4) is 0 Å². The molecule has 2 aromatic heterocycles. The van der Waals surface area contributed by atoms with Crippen molar-refractivity contribution in [2.45, 2.75) is 39.3 Å². The maximum atomic E-state index is 13.1. The van der Waals surface area contributed by atoms with Gasteiger partial charge in [0.25, 0.3) is 0 Å². The number of halogens is 1. The summed E-state index contributed by atoms with van der Waals surface area (Å²) in [6, 6.07) is 6.16. The smallest absolute Gasteiger partial charge is 0.237 e. The fraction of sp³-hybridized carbons (Fsp3) is 0.476. The summed E-state index contributed by atoms with van der Waals surface area (Å²) in [5.74, 6) is -0.193. The lowest BCUT2D eigenvalue weighted by Gasteiger charge is -2.38. The van der Waals surface area contributed by atoms with Crippen molar-refractivity contribution in [1.82, 2.24) is 24.8 Å². The van der Waals surface area contributed by atoms with Gasteiger partial charge in [-0.3, -0.25) is 9.69 Å². The van der Waals surface area contributed by atoms with Crippen molar-refractivity contribution in [3.8, 4) is 11.3 Å². The molecule has 3 heterocycles. The summed E-state index contributed by atoms with van der Waals surface area (Å²) in [5, 5.41) is 8.66. The first-order valence-corrected chi connectivity index (χ1v) is 10.9. The second-order valence-corrected chi connectivity index (χ2v) is 9.62. The third kappa shape index (κ3) is 4.46. The van der Waals surface area contributed by atoms with Gasteiger partial charge in [0.15, 0.2) is 0 Å². The van der Waals surface area contributed by atoms with Crippen molar-refractivity contribution >= 4 is 27.3 Å². The number of carbonyl (C=O) groups is 1. The molecule has 1 saturated heterocycles. The van der Waals surface area contributed by atoms with Crippen molar-refractivity contribution < 1.29 is 9.18 Å².